The molecule has 5 heteroatoms. The highest BCUT2D eigenvalue weighted by atomic mass is 32.2. The normalized spacial score (nSPS) is 10.2. The maximum atomic E-state index is 9.20. The number of anilines is 1. The Morgan fingerprint density at radius 3 is 2.38 bits per heavy atom. The largest absolute Gasteiger partial charge is 0.479 e. The van der Waals surface area contributed by atoms with Crippen LogP contribution in [0.15, 0.2) is 4.90 Å². The van der Waals surface area contributed by atoms with Crippen molar-refractivity contribution in [2.24, 2.45) is 0 Å². The van der Waals surface area contributed by atoms with E-state index in [1.807, 2.05) is 32.2 Å². The van der Waals surface area contributed by atoms with E-state index in [1.54, 1.807) is 11.8 Å². The third-order valence-electron chi connectivity index (χ3n) is 1.63. The highest BCUT2D eigenvalue weighted by Gasteiger charge is 2.11. The zero-order valence-corrected chi connectivity index (χ0v) is 9.01. The Balaban J connectivity index is 3.29. The number of hydrogen-bond acceptors (Lipinski definition) is 5. The van der Waals surface area contributed by atoms with Crippen LogP contribution in [0.25, 0.3) is 0 Å². The molecule has 1 heterocycles. The van der Waals surface area contributed by atoms with E-state index in [0.717, 1.165) is 16.4 Å². The van der Waals surface area contributed by atoms with Crippen molar-refractivity contribution in [2.75, 3.05) is 25.3 Å². The van der Waals surface area contributed by atoms with Crippen LogP contribution < -0.4 is 4.90 Å². The molecule has 0 aliphatic carbocycles. The van der Waals surface area contributed by atoms with Crippen LogP contribution in [-0.4, -0.2) is 35.4 Å². The molecular weight excluding hydrogens is 186 g/mol. The van der Waals surface area contributed by atoms with Gasteiger partial charge in [-0.1, -0.05) is 0 Å². The first-order valence-electron chi connectivity index (χ1n) is 3.85. The van der Waals surface area contributed by atoms with Gasteiger partial charge in [-0.25, -0.2) is 0 Å². The van der Waals surface area contributed by atoms with Gasteiger partial charge in [0, 0.05) is 14.1 Å². The molecule has 4 nitrogen and oxygen atoms in total. The van der Waals surface area contributed by atoms with Crippen molar-refractivity contribution in [3.63, 3.8) is 0 Å². The third-order valence-corrected chi connectivity index (χ3v) is 2.52. The Morgan fingerprint density at radius 1 is 1.31 bits per heavy atom. The molecule has 0 aliphatic heterocycles. The second-order valence-electron chi connectivity index (χ2n) is 2.86. The van der Waals surface area contributed by atoms with Gasteiger partial charge < -0.3 is 10.0 Å². The predicted molar refractivity (Wildman–Crippen MR) is 54.5 cm³/mol. The van der Waals surface area contributed by atoms with E-state index >= 15 is 0 Å². The molecule has 0 aliphatic rings. The molecule has 0 saturated carbocycles. The van der Waals surface area contributed by atoms with Gasteiger partial charge in [-0.05, 0) is 13.2 Å². The number of aromatic nitrogens is 2. The molecule has 0 radical (unpaired) electrons. The Kier molecular flexibility index (Phi) is 2.98. The van der Waals surface area contributed by atoms with E-state index in [0.29, 0.717) is 0 Å². The van der Waals surface area contributed by atoms with E-state index in [-0.39, 0.29) is 6.01 Å². The molecule has 0 amide bonds. The maximum Gasteiger partial charge on any atom is 0.316 e. The van der Waals surface area contributed by atoms with Crippen LogP contribution in [0.1, 0.15) is 5.69 Å². The van der Waals surface area contributed by atoms with Crippen LogP contribution in [-0.2, 0) is 0 Å². The summed E-state index contributed by atoms with van der Waals surface area (Å²) in [6.45, 7) is 1.86. The molecule has 0 atom stereocenters. The summed E-state index contributed by atoms with van der Waals surface area (Å²) in [5.41, 5.74) is 0.809. The van der Waals surface area contributed by atoms with Crippen LogP contribution in [0.4, 0.5) is 5.82 Å². The fourth-order valence-electron chi connectivity index (χ4n) is 1.08. The van der Waals surface area contributed by atoms with Crippen molar-refractivity contribution >= 4 is 17.6 Å². The molecule has 1 aromatic heterocycles. The molecule has 0 unspecified atom stereocenters. The molecule has 1 aromatic rings. The van der Waals surface area contributed by atoms with Crippen molar-refractivity contribution in [2.45, 2.75) is 11.8 Å². The summed E-state index contributed by atoms with van der Waals surface area (Å²) in [5, 5.41) is 9.20. The lowest BCUT2D eigenvalue weighted by atomic mass is 10.4. The summed E-state index contributed by atoms with van der Waals surface area (Å²) in [7, 11) is 3.78. The first kappa shape index (κ1) is 10.1. The number of aromatic hydroxyl groups is 1. The van der Waals surface area contributed by atoms with E-state index in [1.165, 1.54) is 0 Å². The van der Waals surface area contributed by atoms with Crippen LogP contribution in [0.3, 0.4) is 0 Å². The van der Waals surface area contributed by atoms with Gasteiger partial charge in [0.05, 0.1) is 10.6 Å². The van der Waals surface area contributed by atoms with Crippen molar-refractivity contribution in [3.8, 4) is 6.01 Å². The number of nitrogens with zero attached hydrogens (tertiary/aromatic N) is 3. The molecule has 0 bridgehead atoms. The number of thioether (sulfide) groups is 1. The Hall–Kier alpha value is -0.970. The van der Waals surface area contributed by atoms with Crippen molar-refractivity contribution in [3.05, 3.63) is 5.69 Å². The molecule has 72 valence electrons. The van der Waals surface area contributed by atoms with Gasteiger partial charge in [0.15, 0.2) is 0 Å². The van der Waals surface area contributed by atoms with Crippen LogP contribution in [0.5, 0.6) is 6.01 Å². The van der Waals surface area contributed by atoms with Gasteiger partial charge in [0.1, 0.15) is 5.82 Å². The Bertz CT molecular complexity index is 315. The van der Waals surface area contributed by atoms with E-state index < -0.39 is 0 Å². The molecule has 0 saturated heterocycles. The fourth-order valence-corrected chi connectivity index (χ4v) is 1.83. The van der Waals surface area contributed by atoms with Crippen LogP contribution >= 0.6 is 11.8 Å². The lowest BCUT2D eigenvalue weighted by Crippen LogP contribution is -2.13. The highest BCUT2D eigenvalue weighted by Crippen LogP contribution is 2.29. The monoisotopic (exact) mass is 199 g/mol. The van der Waals surface area contributed by atoms with Crippen molar-refractivity contribution in [1.82, 2.24) is 9.97 Å². The Morgan fingerprint density at radius 2 is 1.92 bits per heavy atom. The zero-order valence-electron chi connectivity index (χ0n) is 8.20. The first-order valence-corrected chi connectivity index (χ1v) is 5.07. The van der Waals surface area contributed by atoms with E-state index in [2.05, 4.69) is 9.97 Å². The standard InChI is InChI=1S/C8H13N3OS/c1-5-6(13-4)7(11(2)3)10-8(12)9-5/h1-4H3,(H,9,10,12). The second-order valence-corrected chi connectivity index (χ2v) is 3.68. The molecular formula is C8H13N3OS. The van der Waals surface area contributed by atoms with Gasteiger partial charge in [-0.3, -0.25) is 0 Å². The SMILES string of the molecule is CSc1c(C)nc(O)nc1N(C)C. The minimum atomic E-state index is -0.168. The predicted octanol–water partition coefficient (Wildman–Crippen LogP) is 1.28. The summed E-state index contributed by atoms with van der Waals surface area (Å²) in [5.74, 6) is 0.762. The first-order chi connectivity index (χ1) is 6.06. The topological polar surface area (TPSA) is 49.3 Å². The van der Waals surface area contributed by atoms with Crippen molar-refractivity contribution < 1.29 is 5.11 Å². The van der Waals surface area contributed by atoms with Gasteiger partial charge in [0.25, 0.3) is 0 Å². The van der Waals surface area contributed by atoms with Gasteiger partial charge >= 0.3 is 6.01 Å². The highest BCUT2D eigenvalue weighted by molar-refractivity contribution is 7.98. The van der Waals surface area contributed by atoms with E-state index in [4.69, 9.17) is 0 Å². The summed E-state index contributed by atoms with van der Waals surface area (Å²) >= 11 is 1.58. The van der Waals surface area contributed by atoms with Gasteiger partial charge in [-0.2, -0.15) is 9.97 Å². The molecule has 0 spiro atoms. The average Bonchev–Trinajstić information content (AvgIpc) is 2.02. The lowest BCUT2D eigenvalue weighted by molar-refractivity contribution is 0.427. The number of rotatable bonds is 2. The molecule has 0 aromatic carbocycles. The summed E-state index contributed by atoms with van der Waals surface area (Å²) in [4.78, 5) is 10.7. The molecule has 0 fully saturated rings. The van der Waals surface area contributed by atoms with Gasteiger partial charge in [0.2, 0.25) is 0 Å². The third kappa shape index (κ3) is 2.03. The molecule has 13 heavy (non-hydrogen) atoms. The number of aryl methyl sites for hydroxylation is 1. The smallest absolute Gasteiger partial charge is 0.316 e. The van der Waals surface area contributed by atoms with Crippen LogP contribution in [0, 0.1) is 6.92 Å². The second kappa shape index (κ2) is 3.83. The van der Waals surface area contributed by atoms with Crippen LogP contribution in [0.2, 0.25) is 0 Å². The summed E-state index contributed by atoms with van der Waals surface area (Å²) in [6, 6.07) is -0.168. The quantitative estimate of drug-likeness (QED) is 0.727. The number of hydrogen-bond donors (Lipinski definition) is 1. The average molecular weight is 199 g/mol. The lowest BCUT2D eigenvalue weighted by Gasteiger charge is -2.15. The van der Waals surface area contributed by atoms with E-state index in [9.17, 15) is 5.11 Å². The fraction of sp³-hybridized carbons (Fsp3) is 0.500. The summed E-state index contributed by atoms with van der Waals surface area (Å²) < 4.78 is 0. The molecule has 1 N–H and O–H groups in total. The summed E-state index contributed by atoms with van der Waals surface area (Å²) in [6.07, 6.45) is 1.97. The van der Waals surface area contributed by atoms with Gasteiger partial charge in [-0.15, -0.1) is 11.8 Å². The minimum absolute atomic E-state index is 0.168. The zero-order chi connectivity index (χ0) is 10.0. The minimum Gasteiger partial charge on any atom is -0.479 e. The van der Waals surface area contributed by atoms with Crippen molar-refractivity contribution in [1.29, 1.82) is 0 Å². The Labute approximate surface area is 82.0 Å². The maximum absolute atomic E-state index is 9.20. The molecule has 1 rings (SSSR count).